The molecule has 1 heterocycles. The number of unbranched alkanes of at least 4 members (excludes halogenated alkanes) is 2. The van der Waals surface area contributed by atoms with E-state index >= 15 is 0 Å². The van der Waals surface area contributed by atoms with E-state index in [1.165, 1.54) is 0 Å². The number of halogens is 1. The Bertz CT molecular complexity index is 1380. The number of carbonyl (C=O) groups is 2. The number of amides is 1. The molecule has 1 aliphatic heterocycles. The van der Waals surface area contributed by atoms with Crippen molar-refractivity contribution in [2.24, 2.45) is 10.8 Å². The van der Waals surface area contributed by atoms with Gasteiger partial charge in [0, 0.05) is 53.9 Å². The highest BCUT2D eigenvalue weighted by atomic mass is 35.5. The van der Waals surface area contributed by atoms with Gasteiger partial charge >= 0.3 is 5.97 Å². The number of ether oxygens (including phenoxy) is 3. The number of rotatable bonds is 12. The molecule has 1 fully saturated rings. The highest BCUT2D eigenvalue weighted by Crippen LogP contribution is 2.59. The zero-order chi connectivity index (χ0) is 31.6. The molecule has 4 rings (SSSR count). The van der Waals surface area contributed by atoms with Gasteiger partial charge in [0.2, 0.25) is 0 Å². The molecular formula is C34H44ClN3O5. The molecule has 8 nitrogen and oxygen atoms in total. The number of nitrogens with zero attached hydrogens (tertiary/aromatic N) is 2. The molecule has 1 aliphatic carbocycles. The third kappa shape index (κ3) is 7.27. The number of hydrogen-bond acceptors (Lipinski definition) is 7. The molecule has 2 aromatic carbocycles. The van der Waals surface area contributed by atoms with E-state index in [-0.39, 0.29) is 41.5 Å². The van der Waals surface area contributed by atoms with Crippen LogP contribution in [0.25, 0.3) is 0 Å². The molecule has 0 atom stereocenters. The molecule has 1 saturated carbocycles. The monoisotopic (exact) mass is 609 g/mol. The zero-order valence-corrected chi connectivity index (χ0v) is 27.1. The van der Waals surface area contributed by atoms with Gasteiger partial charge in [0.15, 0.2) is 0 Å². The van der Waals surface area contributed by atoms with Gasteiger partial charge in [-0.3, -0.25) is 4.79 Å². The third-order valence-electron chi connectivity index (χ3n) is 8.26. The molecular weight excluding hydrogens is 566 g/mol. The van der Waals surface area contributed by atoms with Crippen LogP contribution in [0, 0.1) is 22.2 Å². The Labute approximate surface area is 260 Å². The van der Waals surface area contributed by atoms with Gasteiger partial charge in [-0.1, -0.05) is 39.3 Å². The van der Waals surface area contributed by atoms with Crippen LogP contribution in [-0.2, 0) is 20.8 Å². The van der Waals surface area contributed by atoms with Crippen LogP contribution in [-0.4, -0.2) is 54.3 Å². The largest absolute Gasteiger partial charge is 0.489 e. The molecule has 232 valence electrons. The predicted octanol–water partition coefficient (Wildman–Crippen LogP) is 6.99. The lowest BCUT2D eigenvalue weighted by atomic mass is 9.49. The molecule has 0 aromatic heterocycles. The Balaban J connectivity index is 1.27. The average Bonchev–Trinajstić information content (AvgIpc) is 3.21. The van der Waals surface area contributed by atoms with Gasteiger partial charge < -0.3 is 24.4 Å². The summed E-state index contributed by atoms with van der Waals surface area (Å²) in [5.74, 6) is 0.335. The molecule has 9 heteroatoms. The molecule has 0 spiro atoms. The third-order valence-corrected chi connectivity index (χ3v) is 8.57. The average molecular weight is 610 g/mol. The van der Waals surface area contributed by atoms with Gasteiger partial charge in [-0.2, -0.15) is 5.26 Å². The van der Waals surface area contributed by atoms with Crippen molar-refractivity contribution < 1.29 is 23.8 Å². The van der Waals surface area contributed by atoms with Crippen LogP contribution in [0.5, 0.6) is 5.75 Å². The molecule has 1 N–H and O–H groups in total. The van der Waals surface area contributed by atoms with Crippen LogP contribution in [0.2, 0.25) is 5.02 Å². The summed E-state index contributed by atoms with van der Waals surface area (Å²) in [4.78, 5) is 27.3. The Morgan fingerprint density at radius 2 is 1.81 bits per heavy atom. The molecule has 43 heavy (non-hydrogen) atoms. The molecule has 0 saturated heterocycles. The van der Waals surface area contributed by atoms with Crippen molar-refractivity contribution in [3.05, 3.63) is 58.1 Å². The van der Waals surface area contributed by atoms with Crippen molar-refractivity contribution in [1.82, 2.24) is 4.90 Å². The normalized spacial score (nSPS) is 20.2. The van der Waals surface area contributed by atoms with Crippen LogP contribution < -0.4 is 10.1 Å². The van der Waals surface area contributed by atoms with E-state index < -0.39 is 5.60 Å². The number of carbonyl (C=O) groups excluding carboxylic acids is 2. The maximum absolute atomic E-state index is 13.6. The Morgan fingerprint density at radius 3 is 2.47 bits per heavy atom. The molecule has 2 aromatic rings. The minimum Gasteiger partial charge on any atom is -0.489 e. The van der Waals surface area contributed by atoms with Gasteiger partial charge in [-0.15, -0.1) is 0 Å². The second-order valence-corrected chi connectivity index (χ2v) is 14.1. The van der Waals surface area contributed by atoms with E-state index in [9.17, 15) is 14.9 Å². The lowest BCUT2D eigenvalue weighted by molar-refractivity contribution is -0.199. The van der Waals surface area contributed by atoms with Crippen LogP contribution in [0.3, 0.4) is 0 Å². The minimum atomic E-state index is -0.499. The van der Waals surface area contributed by atoms with Crippen LogP contribution in [0.15, 0.2) is 36.4 Å². The topological polar surface area (TPSA) is 101 Å². The van der Waals surface area contributed by atoms with Gasteiger partial charge in [0.05, 0.1) is 10.6 Å². The van der Waals surface area contributed by atoms with Crippen LogP contribution in [0.4, 0.5) is 5.69 Å². The van der Waals surface area contributed by atoms with Crippen LogP contribution in [0.1, 0.15) is 89.2 Å². The molecule has 0 bridgehead atoms. The lowest BCUT2D eigenvalue weighted by Gasteiger charge is -2.65. The summed E-state index contributed by atoms with van der Waals surface area (Å²) in [6.45, 7) is 16.0. The standard InChI is InChI=1S/C34H44ClN3O5/c1-32(2,3)43-28(39)21-41-16-10-8-9-15-37-24-12-14-26-23(17-24)20-38(29(26)40)30-33(4,5)31(34(30,6)7)42-25-13-11-22(19-36)27(35)18-25/h11-14,17-18,30-31,37H,8-10,15-16,20-21H2,1-7H3/t30-,31-. The molecule has 0 unspecified atom stereocenters. The lowest BCUT2D eigenvalue weighted by Crippen LogP contribution is -2.74. The van der Waals surface area contributed by atoms with Crippen molar-refractivity contribution in [2.75, 3.05) is 25.1 Å². The summed E-state index contributed by atoms with van der Waals surface area (Å²) in [5, 5.41) is 13.0. The quantitative estimate of drug-likeness (QED) is 0.204. The number of esters is 1. The Kier molecular flexibility index (Phi) is 9.68. The van der Waals surface area contributed by atoms with Gasteiger partial charge in [0.1, 0.15) is 30.1 Å². The van der Waals surface area contributed by atoms with E-state index in [4.69, 9.17) is 25.8 Å². The first-order valence-corrected chi connectivity index (χ1v) is 15.4. The Morgan fingerprint density at radius 1 is 1.09 bits per heavy atom. The zero-order valence-electron chi connectivity index (χ0n) is 26.4. The SMILES string of the molecule is CC(C)(C)OC(=O)COCCCCCNc1ccc2c(c1)CN([C@H]1C(C)(C)[C@H](Oc3ccc(C#N)c(Cl)c3)C1(C)C)C2=O. The highest BCUT2D eigenvalue weighted by Gasteiger charge is 2.67. The number of nitriles is 1. The van der Waals surface area contributed by atoms with Crippen molar-refractivity contribution in [2.45, 2.75) is 92.0 Å². The smallest absolute Gasteiger partial charge is 0.332 e. The van der Waals surface area contributed by atoms with Crippen molar-refractivity contribution in [1.29, 1.82) is 5.26 Å². The van der Waals surface area contributed by atoms with E-state index in [2.05, 4.69) is 45.1 Å². The van der Waals surface area contributed by atoms with E-state index in [1.54, 1.807) is 18.2 Å². The van der Waals surface area contributed by atoms with E-state index in [1.807, 2.05) is 37.8 Å². The maximum Gasteiger partial charge on any atom is 0.332 e. The first-order chi connectivity index (χ1) is 20.1. The summed E-state index contributed by atoms with van der Waals surface area (Å²) in [6, 6.07) is 13.2. The summed E-state index contributed by atoms with van der Waals surface area (Å²) in [6.07, 6.45) is 2.66. The predicted molar refractivity (Wildman–Crippen MR) is 167 cm³/mol. The summed E-state index contributed by atoms with van der Waals surface area (Å²) in [5.41, 5.74) is 2.08. The van der Waals surface area contributed by atoms with Crippen molar-refractivity contribution in [3.63, 3.8) is 0 Å². The van der Waals surface area contributed by atoms with E-state index in [0.29, 0.717) is 29.5 Å². The second-order valence-electron chi connectivity index (χ2n) is 13.7. The first-order valence-electron chi connectivity index (χ1n) is 15.0. The fourth-order valence-corrected chi connectivity index (χ4v) is 7.15. The molecule has 0 radical (unpaired) electrons. The fraction of sp³-hybridized carbons (Fsp3) is 0.559. The molecule has 1 amide bonds. The number of nitrogens with one attached hydrogen (secondary N) is 1. The first kappa shape index (κ1) is 32.6. The molecule has 2 aliphatic rings. The maximum atomic E-state index is 13.6. The summed E-state index contributed by atoms with van der Waals surface area (Å²) in [7, 11) is 0. The van der Waals surface area contributed by atoms with E-state index in [0.717, 1.165) is 42.6 Å². The number of anilines is 1. The van der Waals surface area contributed by atoms with Gasteiger partial charge in [-0.05, 0) is 75.9 Å². The fourth-order valence-electron chi connectivity index (χ4n) is 6.94. The van der Waals surface area contributed by atoms with Crippen LogP contribution >= 0.6 is 11.6 Å². The minimum absolute atomic E-state index is 0.0186. The summed E-state index contributed by atoms with van der Waals surface area (Å²) < 4.78 is 17.1. The van der Waals surface area contributed by atoms with Crippen molar-refractivity contribution in [3.8, 4) is 11.8 Å². The number of hydrogen-bond donors (Lipinski definition) is 1. The summed E-state index contributed by atoms with van der Waals surface area (Å²) >= 11 is 6.24. The number of fused-ring (bicyclic) bond motifs is 1. The highest BCUT2D eigenvalue weighted by molar-refractivity contribution is 6.31. The Hall–Kier alpha value is -3.28. The van der Waals surface area contributed by atoms with Gasteiger partial charge in [-0.25, -0.2) is 4.79 Å². The number of benzene rings is 2. The second kappa shape index (κ2) is 12.8. The van der Waals surface area contributed by atoms with Gasteiger partial charge in [0.25, 0.3) is 5.91 Å². The van der Waals surface area contributed by atoms with Crippen molar-refractivity contribution >= 4 is 29.2 Å².